The molecule has 1 fully saturated rings. The monoisotopic (exact) mass is 329 g/mol. The average molecular weight is 330 g/mol. The Morgan fingerprint density at radius 2 is 2.37 bits per heavy atom. The zero-order valence-corrected chi connectivity index (χ0v) is 12.9. The van der Waals surface area contributed by atoms with Gasteiger partial charge in [0.05, 0.1) is 6.10 Å². The van der Waals surface area contributed by atoms with Gasteiger partial charge in [0.2, 0.25) is 0 Å². The van der Waals surface area contributed by atoms with Crippen molar-refractivity contribution in [2.75, 3.05) is 13.7 Å². The lowest BCUT2D eigenvalue weighted by Crippen LogP contribution is -2.29. The van der Waals surface area contributed by atoms with Crippen LogP contribution in [0.1, 0.15) is 31.2 Å². The molecule has 1 N–H and O–H groups in total. The fourth-order valence-corrected chi connectivity index (χ4v) is 2.98. The van der Waals surface area contributed by atoms with Gasteiger partial charge >= 0.3 is 0 Å². The van der Waals surface area contributed by atoms with E-state index < -0.39 is 0 Å². The van der Waals surface area contributed by atoms with Crippen molar-refractivity contribution >= 4 is 15.9 Å². The average Bonchev–Trinajstić information content (AvgIpc) is 2.91. The van der Waals surface area contributed by atoms with Gasteiger partial charge in [-0.3, -0.25) is 0 Å². The Bertz CT molecular complexity index is 407. The van der Waals surface area contributed by atoms with Gasteiger partial charge < -0.3 is 10.1 Å². The molecule has 1 aliphatic heterocycles. The van der Waals surface area contributed by atoms with Crippen molar-refractivity contribution in [2.24, 2.45) is 0 Å². The number of benzene rings is 1. The maximum atomic E-state index is 13.7. The van der Waals surface area contributed by atoms with Crippen LogP contribution in [0.5, 0.6) is 0 Å². The molecule has 0 radical (unpaired) electrons. The topological polar surface area (TPSA) is 21.3 Å². The van der Waals surface area contributed by atoms with Crippen LogP contribution in [0.25, 0.3) is 0 Å². The molecule has 2 atom stereocenters. The van der Waals surface area contributed by atoms with Gasteiger partial charge in [0.15, 0.2) is 0 Å². The predicted molar refractivity (Wildman–Crippen MR) is 78.9 cm³/mol. The van der Waals surface area contributed by atoms with Crippen molar-refractivity contribution in [1.29, 1.82) is 0 Å². The molecule has 106 valence electrons. The van der Waals surface area contributed by atoms with Crippen molar-refractivity contribution in [3.63, 3.8) is 0 Å². The first-order chi connectivity index (χ1) is 9.19. The molecule has 19 heavy (non-hydrogen) atoms. The second-order valence-electron chi connectivity index (χ2n) is 5.14. The van der Waals surface area contributed by atoms with Crippen molar-refractivity contribution < 1.29 is 9.13 Å². The Kier molecular flexibility index (Phi) is 5.79. The van der Waals surface area contributed by atoms with E-state index in [1.807, 2.05) is 13.1 Å². The van der Waals surface area contributed by atoms with E-state index in [4.69, 9.17) is 4.74 Å². The summed E-state index contributed by atoms with van der Waals surface area (Å²) < 4.78 is 20.3. The SMILES string of the molecule is CNC(CCC1CCCO1)Cc1cc(Br)ccc1F. The maximum Gasteiger partial charge on any atom is 0.126 e. The maximum absolute atomic E-state index is 13.7. The van der Waals surface area contributed by atoms with E-state index in [9.17, 15) is 4.39 Å². The molecule has 2 unspecified atom stereocenters. The zero-order valence-electron chi connectivity index (χ0n) is 11.3. The summed E-state index contributed by atoms with van der Waals surface area (Å²) in [6, 6.07) is 5.42. The van der Waals surface area contributed by atoms with Crippen LogP contribution in [0.15, 0.2) is 22.7 Å². The lowest BCUT2D eigenvalue weighted by Gasteiger charge is -2.18. The zero-order chi connectivity index (χ0) is 13.7. The van der Waals surface area contributed by atoms with Crippen molar-refractivity contribution in [1.82, 2.24) is 5.32 Å². The van der Waals surface area contributed by atoms with Gasteiger partial charge in [-0.2, -0.15) is 0 Å². The minimum absolute atomic E-state index is 0.124. The van der Waals surface area contributed by atoms with E-state index in [0.29, 0.717) is 18.6 Å². The summed E-state index contributed by atoms with van der Waals surface area (Å²) >= 11 is 3.39. The van der Waals surface area contributed by atoms with Gasteiger partial charge in [0.1, 0.15) is 5.82 Å². The van der Waals surface area contributed by atoms with Crippen LogP contribution in [-0.2, 0) is 11.2 Å². The highest BCUT2D eigenvalue weighted by Gasteiger charge is 2.18. The van der Waals surface area contributed by atoms with E-state index in [1.54, 1.807) is 6.07 Å². The lowest BCUT2D eigenvalue weighted by atomic mass is 9.99. The summed E-state index contributed by atoms with van der Waals surface area (Å²) in [7, 11) is 1.94. The molecule has 0 spiro atoms. The third-order valence-corrected chi connectivity index (χ3v) is 4.24. The van der Waals surface area contributed by atoms with E-state index in [-0.39, 0.29) is 5.82 Å². The molecule has 1 saturated heterocycles. The Hall–Kier alpha value is -0.450. The largest absolute Gasteiger partial charge is 0.378 e. The Labute approximate surface area is 122 Å². The lowest BCUT2D eigenvalue weighted by molar-refractivity contribution is 0.0998. The summed E-state index contributed by atoms with van der Waals surface area (Å²) in [6.45, 7) is 0.898. The molecule has 0 saturated carbocycles. The Morgan fingerprint density at radius 3 is 3.05 bits per heavy atom. The number of hydrogen-bond donors (Lipinski definition) is 1. The smallest absolute Gasteiger partial charge is 0.126 e. The number of likely N-dealkylation sites (N-methyl/N-ethyl adjacent to an activating group) is 1. The van der Waals surface area contributed by atoms with Crippen LogP contribution in [0.2, 0.25) is 0 Å². The molecule has 0 amide bonds. The molecule has 0 bridgehead atoms. The molecule has 1 aromatic rings. The molecule has 0 aliphatic carbocycles. The first kappa shape index (κ1) is 14.9. The number of halogens is 2. The molecular weight excluding hydrogens is 309 g/mol. The van der Waals surface area contributed by atoms with Crippen LogP contribution in [0.4, 0.5) is 4.39 Å². The third kappa shape index (κ3) is 4.55. The Balaban J connectivity index is 1.88. The van der Waals surface area contributed by atoms with Crippen LogP contribution < -0.4 is 5.32 Å². The van der Waals surface area contributed by atoms with Crippen LogP contribution in [0, 0.1) is 5.82 Å². The fraction of sp³-hybridized carbons (Fsp3) is 0.600. The van der Waals surface area contributed by atoms with Gasteiger partial charge in [-0.1, -0.05) is 15.9 Å². The van der Waals surface area contributed by atoms with Gasteiger partial charge in [0, 0.05) is 17.1 Å². The van der Waals surface area contributed by atoms with Crippen molar-refractivity contribution in [2.45, 2.75) is 44.2 Å². The van der Waals surface area contributed by atoms with E-state index in [0.717, 1.165) is 29.5 Å². The second-order valence-corrected chi connectivity index (χ2v) is 6.05. The molecule has 2 rings (SSSR count). The van der Waals surface area contributed by atoms with Gasteiger partial charge in [-0.25, -0.2) is 4.39 Å². The summed E-state index contributed by atoms with van der Waals surface area (Å²) in [4.78, 5) is 0. The van der Waals surface area contributed by atoms with E-state index >= 15 is 0 Å². The third-order valence-electron chi connectivity index (χ3n) is 3.74. The standard InChI is InChI=1S/C15H21BrFNO/c1-18-13(5-6-14-3-2-8-19-14)10-11-9-12(16)4-7-15(11)17/h4,7,9,13-14,18H,2-3,5-6,8,10H2,1H3. The van der Waals surface area contributed by atoms with Crippen molar-refractivity contribution in [3.8, 4) is 0 Å². The minimum Gasteiger partial charge on any atom is -0.378 e. The van der Waals surface area contributed by atoms with Crippen LogP contribution in [0.3, 0.4) is 0 Å². The molecular formula is C15H21BrFNO. The highest BCUT2D eigenvalue weighted by molar-refractivity contribution is 9.10. The first-order valence-electron chi connectivity index (χ1n) is 6.92. The van der Waals surface area contributed by atoms with Crippen molar-refractivity contribution in [3.05, 3.63) is 34.1 Å². The Morgan fingerprint density at radius 1 is 1.53 bits per heavy atom. The van der Waals surface area contributed by atoms with E-state index in [2.05, 4.69) is 21.2 Å². The normalized spacial score (nSPS) is 20.7. The van der Waals surface area contributed by atoms with Crippen LogP contribution in [-0.4, -0.2) is 25.8 Å². The molecule has 2 nitrogen and oxygen atoms in total. The molecule has 1 aromatic carbocycles. The summed E-state index contributed by atoms with van der Waals surface area (Å²) in [5.41, 5.74) is 0.765. The highest BCUT2D eigenvalue weighted by atomic mass is 79.9. The summed E-state index contributed by atoms with van der Waals surface area (Å²) in [6.07, 6.45) is 5.54. The molecule has 0 aromatic heterocycles. The summed E-state index contributed by atoms with van der Waals surface area (Å²) in [5, 5.41) is 3.28. The van der Waals surface area contributed by atoms with Gasteiger partial charge in [-0.05, 0) is 62.9 Å². The predicted octanol–water partition coefficient (Wildman–Crippen LogP) is 3.68. The van der Waals surface area contributed by atoms with Gasteiger partial charge in [-0.15, -0.1) is 0 Å². The van der Waals surface area contributed by atoms with E-state index in [1.165, 1.54) is 18.9 Å². The number of rotatable bonds is 6. The number of ether oxygens (including phenoxy) is 1. The van der Waals surface area contributed by atoms with Crippen LogP contribution >= 0.6 is 15.9 Å². The second kappa shape index (κ2) is 7.36. The summed E-state index contributed by atoms with van der Waals surface area (Å²) in [5.74, 6) is -0.124. The minimum atomic E-state index is -0.124. The van der Waals surface area contributed by atoms with Gasteiger partial charge in [0.25, 0.3) is 0 Å². The quantitative estimate of drug-likeness (QED) is 0.859. The first-order valence-corrected chi connectivity index (χ1v) is 7.71. The fourth-order valence-electron chi connectivity index (χ4n) is 2.57. The molecule has 1 heterocycles. The molecule has 4 heteroatoms. The number of hydrogen-bond acceptors (Lipinski definition) is 2. The highest BCUT2D eigenvalue weighted by Crippen LogP contribution is 2.21. The number of nitrogens with one attached hydrogen (secondary N) is 1. The molecule has 1 aliphatic rings.